The van der Waals surface area contributed by atoms with Crippen LogP contribution >= 0.6 is 0 Å². The number of benzene rings is 2. The summed E-state index contributed by atoms with van der Waals surface area (Å²) in [5, 5.41) is 9.18. The van der Waals surface area contributed by atoms with Crippen molar-refractivity contribution in [3.63, 3.8) is 0 Å². The van der Waals surface area contributed by atoms with E-state index >= 15 is 0 Å². The van der Waals surface area contributed by atoms with Gasteiger partial charge in [-0.05, 0) is 53.6 Å². The average molecular weight is 445 g/mol. The first kappa shape index (κ1) is 23.3. The number of carboxylic acids is 1. The molecular weight excluding hydrogens is 412 g/mol. The predicted octanol–water partition coefficient (Wildman–Crippen LogP) is 4.11. The minimum Gasteiger partial charge on any atom is -0.481 e. The van der Waals surface area contributed by atoms with Crippen LogP contribution in [0.25, 0.3) is 0 Å². The second-order valence-electron chi connectivity index (χ2n) is 9.30. The van der Waals surface area contributed by atoms with E-state index in [-0.39, 0.29) is 22.8 Å². The van der Waals surface area contributed by atoms with E-state index in [1.165, 1.54) is 4.31 Å². The maximum atomic E-state index is 13.0. The highest BCUT2D eigenvalue weighted by molar-refractivity contribution is 7.89. The van der Waals surface area contributed by atoms with Crippen LogP contribution in [0.3, 0.4) is 0 Å². The molecule has 6 nitrogen and oxygen atoms in total. The number of nitrogens with zero attached hydrogens (tertiary/aromatic N) is 2. The van der Waals surface area contributed by atoms with Crippen LogP contribution in [0.2, 0.25) is 0 Å². The van der Waals surface area contributed by atoms with Crippen molar-refractivity contribution in [2.75, 3.05) is 25.0 Å². The first-order valence-electron chi connectivity index (χ1n) is 10.6. The van der Waals surface area contributed by atoms with Gasteiger partial charge in [0.15, 0.2) is 0 Å². The molecule has 0 spiro atoms. The lowest BCUT2D eigenvalue weighted by atomic mass is 9.87. The Kier molecular flexibility index (Phi) is 6.76. The second-order valence-corrected chi connectivity index (χ2v) is 11.3. The van der Waals surface area contributed by atoms with Crippen LogP contribution in [0.1, 0.15) is 44.7 Å². The van der Waals surface area contributed by atoms with Crippen LogP contribution in [0.4, 0.5) is 5.69 Å². The fourth-order valence-electron chi connectivity index (χ4n) is 3.89. The molecule has 168 valence electrons. The fraction of sp³-hybridized carbons (Fsp3) is 0.458. The Morgan fingerprint density at radius 1 is 1.10 bits per heavy atom. The van der Waals surface area contributed by atoms with E-state index in [0.29, 0.717) is 25.9 Å². The van der Waals surface area contributed by atoms with Crippen molar-refractivity contribution in [1.29, 1.82) is 0 Å². The van der Waals surface area contributed by atoms with E-state index in [9.17, 15) is 18.3 Å². The van der Waals surface area contributed by atoms with E-state index in [2.05, 4.69) is 25.7 Å². The monoisotopic (exact) mass is 444 g/mol. The smallest absolute Gasteiger partial charge is 0.306 e. The number of anilines is 1. The number of sulfonamides is 1. The number of hydrogen-bond donors (Lipinski definition) is 1. The largest absolute Gasteiger partial charge is 0.481 e. The highest BCUT2D eigenvalue weighted by atomic mass is 32.2. The molecule has 0 atom stereocenters. The van der Waals surface area contributed by atoms with Gasteiger partial charge in [-0.15, -0.1) is 0 Å². The van der Waals surface area contributed by atoms with E-state index in [1.54, 1.807) is 19.2 Å². The van der Waals surface area contributed by atoms with Gasteiger partial charge in [0.25, 0.3) is 0 Å². The first-order valence-corrected chi connectivity index (χ1v) is 12.1. The van der Waals surface area contributed by atoms with E-state index in [4.69, 9.17) is 0 Å². The van der Waals surface area contributed by atoms with Crippen molar-refractivity contribution in [2.45, 2.75) is 50.5 Å². The third-order valence-corrected chi connectivity index (χ3v) is 7.77. The van der Waals surface area contributed by atoms with Gasteiger partial charge in [-0.25, -0.2) is 8.42 Å². The van der Waals surface area contributed by atoms with Crippen molar-refractivity contribution < 1.29 is 18.3 Å². The molecule has 0 saturated carbocycles. The Morgan fingerprint density at radius 3 is 2.26 bits per heavy atom. The number of carbonyl (C=O) groups is 1. The van der Waals surface area contributed by atoms with Crippen molar-refractivity contribution >= 4 is 21.7 Å². The van der Waals surface area contributed by atoms with Crippen LogP contribution < -0.4 is 4.90 Å². The number of carboxylic acid groups (broad SMARTS) is 1. The lowest BCUT2D eigenvalue weighted by Gasteiger charge is -2.32. The standard InChI is InChI=1S/C24H32N2O4S/c1-24(2,3)20-8-10-22(11-9-20)31(29,30)25(4)17-18-6-5-7-21(16-18)26-14-12-19(13-15-26)23(27)28/h5-11,16,19H,12-15,17H2,1-4H3,(H,27,28). The molecule has 1 N–H and O–H groups in total. The maximum Gasteiger partial charge on any atom is 0.306 e. The topological polar surface area (TPSA) is 77.9 Å². The summed E-state index contributed by atoms with van der Waals surface area (Å²) in [5.41, 5.74) is 2.96. The molecule has 0 unspecified atom stereocenters. The predicted molar refractivity (Wildman–Crippen MR) is 123 cm³/mol. The van der Waals surface area contributed by atoms with E-state index < -0.39 is 16.0 Å². The van der Waals surface area contributed by atoms with Crippen molar-refractivity contribution in [3.05, 3.63) is 59.7 Å². The summed E-state index contributed by atoms with van der Waals surface area (Å²) >= 11 is 0. The normalized spacial score (nSPS) is 16.0. The van der Waals surface area contributed by atoms with E-state index in [1.807, 2.05) is 36.4 Å². The average Bonchev–Trinajstić information content (AvgIpc) is 2.73. The molecule has 1 aliphatic heterocycles. The van der Waals surface area contributed by atoms with Gasteiger partial charge < -0.3 is 10.0 Å². The Labute approximate surface area is 185 Å². The zero-order valence-electron chi connectivity index (χ0n) is 18.7. The van der Waals surface area contributed by atoms with Crippen LogP contribution in [0.15, 0.2) is 53.4 Å². The molecule has 3 rings (SSSR count). The molecule has 1 saturated heterocycles. The molecule has 0 bridgehead atoms. The molecule has 1 fully saturated rings. The number of hydrogen-bond acceptors (Lipinski definition) is 4. The van der Waals surface area contributed by atoms with Crippen molar-refractivity contribution in [3.8, 4) is 0 Å². The molecule has 1 aliphatic rings. The Bertz CT molecular complexity index is 1020. The summed E-state index contributed by atoms with van der Waals surface area (Å²) in [4.78, 5) is 13.6. The van der Waals surface area contributed by atoms with E-state index in [0.717, 1.165) is 16.8 Å². The molecule has 2 aromatic rings. The molecule has 0 amide bonds. The van der Waals surface area contributed by atoms with Gasteiger partial charge in [0.1, 0.15) is 0 Å². The molecule has 0 aromatic heterocycles. The Balaban J connectivity index is 1.71. The summed E-state index contributed by atoms with van der Waals surface area (Å²) in [6.45, 7) is 7.94. The maximum absolute atomic E-state index is 13.0. The van der Waals surface area contributed by atoms with Gasteiger partial charge in [-0.2, -0.15) is 4.31 Å². The minimum atomic E-state index is -3.60. The van der Waals surface area contributed by atoms with Gasteiger partial charge in [0, 0.05) is 32.4 Å². The van der Waals surface area contributed by atoms with Gasteiger partial charge >= 0.3 is 5.97 Å². The van der Waals surface area contributed by atoms with Crippen LogP contribution in [0, 0.1) is 5.92 Å². The summed E-state index contributed by atoms with van der Waals surface area (Å²) in [6.07, 6.45) is 1.25. The SMILES string of the molecule is CN(Cc1cccc(N2CCC(C(=O)O)CC2)c1)S(=O)(=O)c1ccc(C(C)(C)C)cc1. The van der Waals surface area contributed by atoms with Gasteiger partial charge in [0.2, 0.25) is 10.0 Å². The number of piperidine rings is 1. The summed E-state index contributed by atoms with van der Waals surface area (Å²) in [7, 11) is -2.00. The Morgan fingerprint density at radius 2 is 1.71 bits per heavy atom. The highest BCUT2D eigenvalue weighted by Crippen LogP contribution is 2.27. The zero-order valence-corrected chi connectivity index (χ0v) is 19.5. The van der Waals surface area contributed by atoms with Crippen LogP contribution in [-0.2, 0) is 26.8 Å². The molecule has 31 heavy (non-hydrogen) atoms. The second kappa shape index (κ2) is 9.01. The Hall–Kier alpha value is -2.38. The third kappa shape index (κ3) is 5.46. The fourth-order valence-corrected chi connectivity index (χ4v) is 5.04. The lowest BCUT2D eigenvalue weighted by Crippen LogP contribution is -2.36. The molecule has 0 aliphatic carbocycles. The molecule has 7 heteroatoms. The quantitative estimate of drug-likeness (QED) is 0.726. The number of rotatable bonds is 6. The van der Waals surface area contributed by atoms with Gasteiger partial charge in [0.05, 0.1) is 10.8 Å². The van der Waals surface area contributed by atoms with Gasteiger partial charge in [-0.1, -0.05) is 45.0 Å². The summed E-state index contributed by atoms with van der Waals surface area (Å²) < 4.78 is 27.5. The first-order chi connectivity index (χ1) is 14.5. The summed E-state index contributed by atoms with van der Waals surface area (Å²) in [5.74, 6) is -1.00. The van der Waals surface area contributed by atoms with Gasteiger partial charge in [-0.3, -0.25) is 4.79 Å². The third-order valence-electron chi connectivity index (χ3n) is 5.95. The molecule has 2 aromatic carbocycles. The highest BCUT2D eigenvalue weighted by Gasteiger charge is 2.25. The van der Waals surface area contributed by atoms with Crippen LogP contribution in [0.5, 0.6) is 0 Å². The molecule has 1 heterocycles. The lowest BCUT2D eigenvalue weighted by molar-refractivity contribution is -0.142. The number of aliphatic carboxylic acids is 1. The van der Waals surface area contributed by atoms with Crippen molar-refractivity contribution in [2.24, 2.45) is 5.92 Å². The molecular formula is C24H32N2O4S. The minimum absolute atomic E-state index is 0.0342. The summed E-state index contributed by atoms with van der Waals surface area (Å²) in [6, 6.07) is 14.9. The van der Waals surface area contributed by atoms with Crippen LogP contribution in [-0.4, -0.2) is 43.9 Å². The van der Waals surface area contributed by atoms with Crippen molar-refractivity contribution in [1.82, 2.24) is 4.31 Å². The zero-order chi connectivity index (χ0) is 22.8. The molecule has 0 radical (unpaired) electrons.